The third kappa shape index (κ3) is 7.34. The van der Waals surface area contributed by atoms with Gasteiger partial charge in [0.05, 0.1) is 6.10 Å². The van der Waals surface area contributed by atoms with Crippen LogP contribution in [0.5, 0.6) is 0 Å². The standard InChI is InChI=1S/C21H35N3O2/c1-15(2)13-19(23-16(3)17-7-5-4-6-8-17)14-22-21(26)24-18-9-11-20(25)12-10-18/h4-8,15-16,18-20,23,25H,9-14H2,1-3H3,(H2,22,24,26)/t16-,18?,19-,20?/m0/s1. The number of carbonyl (C=O) groups excluding carboxylic acids is 1. The van der Waals surface area contributed by atoms with Gasteiger partial charge in [0.2, 0.25) is 0 Å². The van der Waals surface area contributed by atoms with Gasteiger partial charge in [-0.25, -0.2) is 4.79 Å². The van der Waals surface area contributed by atoms with Crippen molar-refractivity contribution in [2.45, 2.75) is 77.1 Å². The fourth-order valence-electron chi connectivity index (χ4n) is 3.64. The molecule has 0 heterocycles. The third-order valence-electron chi connectivity index (χ3n) is 5.08. The van der Waals surface area contributed by atoms with Gasteiger partial charge in [-0.1, -0.05) is 44.2 Å². The Morgan fingerprint density at radius 3 is 2.38 bits per heavy atom. The number of urea groups is 1. The van der Waals surface area contributed by atoms with E-state index in [0.29, 0.717) is 12.5 Å². The average Bonchev–Trinajstić information content (AvgIpc) is 2.62. The second kappa shape index (κ2) is 10.5. The number of hydrogen-bond donors (Lipinski definition) is 4. The summed E-state index contributed by atoms with van der Waals surface area (Å²) in [4.78, 5) is 12.2. The number of amides is 2. The SMILES string of the molecule is CC(C)C[C@@H](CNC(=O)NC1CCC(O)CC1)N[C@@H](C)c1ccccc1. The number of nitrogens with one attached hydrogen (secondary N) is 3. The molecular weight excluding hydrogens is 326 g/mol. The molecule has 0 bridgehead atoms. The van der Waals surface area contributed by atoms with Crippen LogP contribution in [0.15, 0.2) is 30.3 Å². The fraction of sp³-hybridized carbons (Fsp3) is 0.667. The molecule has 1 saturated carbocycles. The topological polar surface area (TPSA) is 73.4 Å². The number of aliphatic hydroxyl groups is 1. The maximum Gasteiger partial charge on any atom is 0.315 e. The van der Waals surface area contributed by atoms with Crippen LogP contribution in [0.25, 0.3) is 0 Å². The second-order valence-electron chi connectivity index (χ2n) is 7.99. The van der Waals surface area contributed by atoms with Gasteiger partial charge in [-0.05, 0) is 50.5 Å². The highest BCUT2D eigenvalue weighted by molar-refractivity contribution is 5.74. The Morgan fingerprint density at radius 2 is 1.77 bits per heavy atom. The smallest absolute Gasteiger partial charge is 0.315 e. The molecule has 0 radical (unpaired) electrons. The molecule has 1 aliphatic rings. The number of carbonyl (C=O) groups is 1. The molecule has 5 nitrogen and oxygen atoms in total. The van der Waals surface area contributed by atoms with Crippen LogP contribution < -0.4 is 16.0 Å². The van der Waals surface area contributed by atoms with Crippen LogP contribution >= 0.6 is 0 Å². The number of rotatable bonds is 8. The molecule has 1 aliphatic carbocycles. The van der Waals surface area contributed by atoms with Crippen molar-refractivity contribution in [1.82, 2.24) is 16.0 Å². The van der Waals surface area contributed by atoms with E-state index in [9.17, 15) is 9.90 Å². The van der Waals surface area contributed by atoms with Crippen molar-refractivity contribution in [2.75, 3.05) is 6.54 Å². The summed E-state index contributed by atoms with van der Waals surface area (Å²) in [5.74, 6) is 0.556. The van der Waals surface area contributed by atoms with E-state index in [-0.39, 0.29) is 30.3 Å². The summed E-state index contributed by atoms with van der Waals surface area (Å²) in [6, 6.07) is 10.9. The lowest BCUT2D eigenvalue weighted by atomic mass is 9.93. The Balaban J connectivity index is 1.80. The Bertz CT molecular complexity index is 527. The van der Waals surface area contributed by atoms with E-state index in [4.69, 9.17) is 0 Å². The van der Waals surface area contributed by atoms with Gasteiger partial charge in [-0.2, -0.15) is 0 Å². The second-order valence-corrected chi connectivity index (χ2v) is 7.99. The molecule has 0 aliphatic heterocycles. The lowest BCUT2D eigenvalue weighted by Gasteiger charge is -2.28. The van der Waals surface area contributed by atoms with Crippen LogP contribution in [0.2, 0.25) is 0 Å². The molecule has 0 spiro atoms. The fourth-order valence-corrected chi connectivity index (χ4v) is 3.64. The molecule has 5 heteroatoms. The summed E-state index contributed by atoms with van der Waals surface area (Å²) in [6.07, 6.45) is 4.07. The molecule has 1 aromatic carbocycles. The lowest BCUT2D eigenvalue weighted by molar-refractivity contribution is 0.117. The number of benzene rings is 1. The van der Waals surface area contributed by atoms with Crippen LogP contribution in [0, 0.1) is 5.92 Å². The van der Waals surface area contributed by atoms with Crippen LogP contribution in [0.4, 0.5) is 4.79 Å². The van der Waals surface area contributed by atoms with E-state index in [2.05, 4.69) is 61.0 Å². The lowest BCUT2D eigenvalue weighted by Crippen LogP contribution is -2.49. The zero-order valence-corrected chi connectivity index (χ0v) is 16.4. The summed E-state index contributed by atoms with van der Waals surface area (Å²) in [5.41, 5.74) is 1.26. The Kier molecular flexibility index (Phi) is 8.39. The predicted octanol–water partition coefficient (Wildman–Crippen LogP) is 3.35. The van der Waals surface area contributed by atoms with Crippen molar-refractivity contribution in [1.29, 1.82) is 0 Å². The maximum absolute atomic E-state index is 12.2. The number of aliphatic hydroxyl groups excluding tert-OH is 1. The zero-order valence-electron chi connectivity index (χ0n) is 16.4. The predicted molar refractivity (Wildman–Crippen MR) is 106 cm³/mol. The molecule has 0 unspecified atom stereocenters. The highest BCUT2D eigenvalue weighted by atomic mass is 16.3. The summed E-state index contributed by atoms with van der Waals surface area (Å²) in [5, 5.41) is 19.3. The van der Waals surface area contributed by atoms with Gasteiger partial charge in [0, 0.05) is 24.7 Å². The number of hydrogen-bond acceptors (Lipinski definition) is 3. The van der Waals surface area contributed by atoms with Gasteiger partial charge in [0.25, 0.3) is 0 Å². The quantitative estimate of drug-likeness (QED) is 0.574. The minimum Gasteiger partial charge on any atom is -0.393 e. The van der Waals surface area contributed by atoms with Crippen LogP contribution in [0.3, 0.4) is 0 Å². The molecule has 26 heavy (non-hydrogen) atoms. The Morgan fingerprint density at radius 1 is 1.12 bits per heavy atom. The van der Waals surface area contributed by atoms with Gasteiger partial charge in [-0.15, -0.1) is 0 Å². The summed E-state index contributed by atoms with van der Waals surface area (Å²) in [7, 11) is 0. The maximum atomic E-state index is 12.2. The van der Waals surface area contributed by atoms with E-state index in [1.807, 2.05) is 6.07 Å². The Labute approximate surface area is 158 Å². The van der Waals surface area contributed by atoms with Crippen LogP contribution in [0.1, 0.15) is 64.5 Å². The third-order valence-corrected chi connectivity index (χ3v) is 5.08. The van der Waals surface area contributed by atoms with E-state index >= 15 is 0 Å². The molecule has 2 amide bonds. The first-order chi connectivity index (χ1) is 12.4. The first kappa shape index (κ1) is 20.7. The van der Waals surface area contributed by atoms with E-state index < -0.39 is 0 Å². The largest absolute Gasteiger partial charge is 0.393 e. The van der Waals surface area contributed by atoms with E-state index in [1.165, 1.54) is 5.56 Å². The van der Waals surface area contributed by atoms with Crippen molar-refractivity contribution in [3.63, 3.8) is 0 Å². The first-order valence-corrected chi connectivity index (χ1v) is 9.97. The zero-order chi connectivity index (χ0) is 18.9. The normalized spacial score (nSPS) is 22.7. The molecule has 0 saturated heterocycles. The molecule has 0 aromatic heterocycles. The van der Waals surface area contributed by atoms with Gasteiger partial charge >= 0.3 is 6.03 Å². The monoisotopic (exact) mass is 361 g/mol. The molecular formula is C21H35N3O2. The molecule has 1 fully saturated rings. The van der Waals surface area contributed by atoms with Gasteiger partial charge < -0.3 is 21.1 Å². The first-order valence-electron chi connectivity index (χ1n) is 9.97. The summed E-state index contributed by atoms with van der Waals surface area (Å²) < 4.78 is 0. The van der Waals surface area contributed by atoms with Crippen molar-refractivity contribution in [2.24, 2.45) is 5.92 Å². The van der Waals surface area contributed by atoms with Gasteiger partial charge in [0.15, 0.2) is 0 Å². The molecule has 146 valence electrons. The highest BCUT2D eigenvalue weighted by Crippen LogP contribution is 2.18. The van der Waals surface area contributed by atoms with Crippen molar-refractivity contribution >= 4 is 6.03 Å². The Hall–Kier alpha value is -1.59. The van der Waals surface area contributed by atoms with Gasteiger partial charge in [0.1, 0.15) is 0 Å². The summed E-state index contributed by atoms with van der Waals surface area (Å²) >= 11 is 0. The molecule has 4 N–H and O–H groups in total. The van der Waals surface area contributed by atoms with Crippen molar-refractivity contribution in [3.05, 3.63) is 35.9 Å². The molecule has 2 rings (SSSR count). The van der Waals surface area contributed by atoms with E-state index in [0.717, 1.165) is 32.1 Å². The van der Waals surface area contributed by atoms with E-state index in [1.54, 1.807) is 0 Å². The van der Waals surface area contributed by atoms with Crippen molar-refractivity contribution in [3.8, 4) is 0 Å². The summed E-state index contributed by atoms with van der Waals surface area (Å²) in [6.45, 7) is 7.18. The van der Waals surface area contributed by atoms with Crippen LogP contribution in [-0.4, -0.2) is 35.9 Å². The molecule has 1 aromatic rings. The van der Waals surface area contributed by atoms with Crippen LogP contribution in [-0.2, 0) is 0 Å². The minimum absolute atomic E-state index is 0.102. The highest BCUT2D eigenvalue weighted by Gasteiger charge is 2.21. The molecule has 2 atom stereocenters. The average molecular weight is 362 g/mol. The minimum atomic E-state index is -0.199. The van der Waals surface area contributed by atoms with Gasteiger partial charge in [-0.3, -0.25) is 0 Å². The van der Waals surface area contributed by atoms with Crippen molar-refractivity contribution < 1.29 is 9.90 Å².